The minimum absolute atomic E-state index is 0.118. The fourth-order valence-corrected chi connectivity index (χ4v) is 4.49. The molecule has 0 radical (unpaired) electrons. The van der Waals surface area contributed by atoms with E-state index in [0.717, 1.165) is 5.56 Å². The molecule has 0 saturated carbocycles. The van der Waals surface area contributed by atoms with Gasteiger partial charge in [-0.1, -0.05) is 41.9 Å². The maximum absolute atomic E-state index is 13.4. The van der Waals surface area contributed by atoms with E-state index < -0.39 is 10.0 Å². The average molecular weight is 418 g/mol. The third kappa shape index (κ3) is 4.24. The standard InChI is InChI=1S/C21H20ClNO4S/c1-26-20-12-11-18(14-21(20)27-2)23(15-16-7-6-8-17(22)13-16)28(24,25)19-9-4-3-5-10-19/h3-14H,15H2,1-2H3. The molecule has 0 aliphatic rings. The second-order valence-corrected chi connectivity index (χ2v) is 8.29. The highest BCUT2D eigenvalue weighted by Gasteiger charge is 2.26. The third-order valence-electron chi connectivity index (χ3n) is 4.20. The number of methoxy groups -OCH3 is 2. The van der Waals surface area contributed by atoms with Gasteiger partial charge < -0.3 is 9.47 Å². The smallest absolute Gasteiger partial charge is 0.264 e. The van der Waals surface area contributed by atoms with E-state index in [-0.39, 0.29) is 11.4 Å². The van der Waals surface area contributed by atoms with E-state index in [4.69, 9.17) is 21.1 Å². The van der Waals surface area contributed by atoms with E-state index in [9.17, 15) is 8.42 Å². The highest BCUT2D eigenvalue weighted by atomic mass is 35.5. The molecule has 5 nitrogen and oxygen atoms in total. The predicted octanol–water partition coefficient (Wildman–Crippen LogP) is 4.75. The van der Waals surface area contributed by atoms with Gasteiger partial charge >= 0.3 is 0 Å². The van der Waals surface area contributed by atoms with Crippen LogP contribution in [-0.4, -0.2) is 22.6 Å². The molecule has 3 rings (SSSR count). The van der Waals surface area contributed by atoms with Crippen molar-refractivity contribution in [1.82, 2.24) is 0 Å². The van der Waals surface area contributed by atoms with Gasteiger partial charge in [0.1, 0.15) is 0 Å². The Labute approximate surface area is 170 Å². The Balaban J connectivity index is 2.12. The highest BCUT2D eigenvalue weighted by Crippen LogP contribution is 2.34. The van der Waals surface area contributed by atoms with Crippen molar-refractivity contribution in [2.75, 3.05) is 18.5 Å². The number of nitrogens with zero attached hydrogens (tertiary/aromatic N) is 1. The van der Waals surface area contributed by atoms with Gasteiger partial charge in [-0.3, -0.25) is 4.31 Å². The summed E-state index contributed by atoms with van der Waals surface area (Å²) in [5.41, 5.74) is 1.23. The molecule has 0 amide bonds. The van der Waals surface area contributed by atoms with Crippen LogP contribution >= 0.6 is 11.6 Å². The summed E-state index contributed by atoms with van der Waals surface area (Å²) < 4.78 is 38.7. The molecular formula is C21H20ClNO4S. The number of halogens is 1. The van der Waals surface area contributed by atoms with E-state index >= 15 is 0 Å². The monoisotopic (exact) mass is 417 g/mol. The van der Waals surface area contributed by atoms with Crippen LogP contribution in [0.15, 0.2) is 77.7 Å². The minimum atomic E-state index is -3.82. The van der Waals surface area contributed by atoms with Gasteiger partial charge in [-0.05, 0) is 42.0 Å². The zero-order valence-electron chi connectivity index (χ0n) is 15.5. The quantitative estimate of drug-likeness (QED) is 0.556. The van der Waals surface area contributed by atoms with E-state index in [0.29, 0.717) is 22.2 Å². The van der Waals surface area contributed by atoms with Crippen LogP contribution in [0, 0.1) is 0 Å². The molecule has 3 aromatic carbocycles. The normalized spacial score (nSPS) is 11.1. The molecule has 0 spiro atoms. The number of sulfonamides is 1. The van der Waals surface area contributed by atoms with Crippen LogP contribution in [0.25, 0.3) is 0 Å². The van der Waals surface area contributed by atoms with Crippen molar-refractivity contribution in [1.29, 1.82) is 0 Å². The molecule has 0 fully saturated rings. The van der Waals surface area contributed by atoms with Gasteiger partial charge in [-0.25, -0.2) is 8.42 Å². The largest absolute Gasteiger partial charge is 0.493 e. The fraction of sp³-hybridized carbons (Fsp3) is 0.143. The number of rotatable bonds is 7. The Morgan fingerprint density at radius 3 is 2.21 bits per heavy atom. The molecule has 0 aliphatic heterocycles. The third-order valence-corrected chi connectivity index (χ3v) is 6.22. The zero-order chi connectivity index (χ0) is 20.1. The van der Waals surface area contributed by atoms with Crippen molar-refractivity contribution >= 4 is 27.3 Å². The Morgan fingerprint density at radius 1 is 0.857 bits per heavy atom. The van der Waals surface area contributed by atoms with E-state index in [1.807, 2.05) is 6.07 Å². The van der Waals surface area contributed by atoms with Crippen LogP contribution in [0.2, 0.25) is 5.02 Å². The zero-order valence-corrected chi connectivity index (χ0v) is 17.1. The lowest BCUT2D eigenvalue weighted by Gasteiger charge is -2.25. The summed E-state index contributed by atoms with van der Waals surface area (Å²) >= 11 is 6.09. The van der Waals surface area contributed by atoms with E-state index in [1.165, 1.54) is 18.5 Å². The van der Waals surface area contributed by atoms with E-state index in [2.05, 4.69) is 0 Å². The van der Waals surface area contributed by atoms with Crippen LogP contribution in [0.1, 0.15) is 5.56 Å². The van der Waals surface area contributed by atoms with Crippen LogP contribution in [0.4, 0.5) is 5.69 Å². The first-order chi connectivity index (χ1) is 13.5. The van der Waals surface area contributed by atoms with Crippen LogP contribution < -0.4 is 13.8 Å². The maximum atomic E-state index is 13.4. The van der Waals surface area contributed by atoms with Crippen LogP contribution in [0.5, 0.6) is 11.5 Å². The van der Waals surface area contributed by atoms with Crippen molar-refractivity contribution in [3.63, 3.8) is 0 Å². The van der Waals surface area contributed by atoms with Crippen LogP contribution in [-0.2, 0) is 16.6 Å². The highest BCUT2D eigenvalue weighted by molar-refractivity contribution is 7.92. The van der Waals surface area contributed by atoms with Gasteiger partial charge in [0.15, 0.2) is 11.5 Å². The van der Waals surface area contributed by atoms with Crippen molar-refractivity contribution in [2.45, 2.75) is 11.4 Å². The number of anilines is 1. The number of hydrogen-bond acceptors (Lipinski definition) is 4. The van der Waals surface area contributed by atoms with Crippen molar-refractivity contribution in [3.8, 4) is 11.5 Å². The Hall–Kier alpha value is -2.70. The lowest BCUT2D eigenvalue weighted by atomic mass is 10.2. The average Bonchev–Trinajstić information content (AvgIpc) is 2.72. The van der Waals surface area contributed by atoms with Crippen molar-refractivity contribution < 1.29 is 17.9 Å². The lowest BCUT2D eigenvalue weighted by Crippen LogP contribution is -2.30. The molecule has 0 heterocycles. The Bertz CT molecular complexity index is 1060. The summed E-state index contributed by atoms with van der Waals surface area (Å²) in [5, 5.41) is 0.543. The molecule has 28 heavy (non-hydrogen) atoms. The molecule has 7 heteroatoms. The molecule has 146 valence electrons. The molecule has 0 aromatic heterocycles. The molecule has 0 bridgehead atoms. The molecule has 0 aliphatic carbocycles. The predicted molar refractivity (Wildman–Crippen MR) is 111 cm³/mol. The molecule has 0 N–H and O–H groups in total. The first kappa shape index (κ1) is 20.0. The Kier molecular flexibility index (Phi) is 6.11. The summed E-state index contributed by atoms with van der Waals surface area (Å²) in [6, 6.07) is 20.4. The second-order valence-electron chi connectivity index (χ2n) is 5.99. The van der Waals surface area contributed by atoms with Crippen LogP contribution in [0.3, 0.4) is 0 Å². The summed E-state index contributed by atoms with van der Waals surface area (Å²) in [7, 11) is -0.778. The second kappa shape index (κ2) is 8.54. The Morgan fingerprint density at radius 2 is 1.57 bits per heavy atom. The van der Waals surface area contributed by atoms with Crippen molar-refractivity contribution in [3.05, 3.63) is 83.4 Å². The minimum Gasteiger partial charge on any atom is -0.493 e. The maximum Gasteiger partial charge on any atom is 0.264 e. The first-order valence-electron chi connectivity index (χ1n) is 8.50. The molecule has 3 aromatic rings. The van der Waals surface area contributed by atoms with Gasteiger partial charge in [0.2, 0.25) is 0 Å². The summed E-state index contributed by atoms with van der Waals surface area (Å²) in [6.45, 7) is 0.118. The summed E-state index contributed by atoms with van der Waals surface area (Å²) in [5.74, 6) is 0.963. The summed E-state index contributed by atoms with van der Waals surface area (Å²) in [4.78, 5) is 0.201. The molecule has 0 atom stereocenters. The van der Waals surface area contributed by atoms with Gasteiger partial charge in [0, 0.05) is 11.1 Å². The molecule has 0 saturated heterocycles. The molecular weight excluding hydrogens is 398 g/mol. The fourth-order valence-electron chi connectivity index (χ4n) is 2.82. The number of benzene rings is 3. The van der Waals surface area contributed by atoms with Gasteiger partial charge in [-0.15, -0.1) is 0 Å². The SMILES string of the molecule is COc1ccc(N(Cc2cccc(Cl)c2)S(=O)(=O)c2ccccc2)cc1OC. The summed E-state index contributed by atoms with van der Waals surface area (Å²) in [6.07, 6.45) is 0. The molecule has 0 unspecified atom stereocenters. The topological polar surface area (TPSA) is 55.8 Å². The first-order valence-corrected chi connectivity index (χ1v) is 10.3. The van der Waals surface area contributed by atoms with E-state index in [1.54, 1.807) is 66.7 Å². The number of ether oxygens (including phenoxy) is 2. The lowest BCUT2D eigenvalue weighted by molar-refractivity contribution is 0.355. The van der Waals surface area contributed by atoms with Crippen molar-refractivity contribution in [2.24, 2.45) is 0 Å². The van der Waals surface area contributed by atoms with Gasteiger partial charge in [0.05, 0.1) is 31.3 Å². The van der Waals surface area contributed by atoms with Gasteiger partial charge in [-0.2, -0.15) is 0 Å². The number of hydrogen-bond donors (Lipinski definition) is 0. The van der Waals surface area contributed by atoms with Gasteiger partial charge in [0.25, 0.3) is 10.0 Å².